The number of hydrogen-bond donors (Lipinski definition) is 2. The predicted molar refractivity (Wildman–Crippen MR) is 107 cm³/mol. The van der Waals surface area contributed by atoms with Gasteiger partial charge < -0.3 is 10.6 Å². The summed E-state index contributed by atoms with van der Waals surface area (Å²) in [5.74, 6) is 0.145. The summed E-state index contributed by atoms with van der Waals surface area (Å²) in [6.45, 7) is 4.25. The Balaban J connectivity index is 1.57. The minimum atomic E-state index is -0.465. The third-order valence-corrected chi connectivity index (χ3v) is 6.40. The number of halogens is 1. The molecule has 136 valence electrons. The Morgan fingerprint density at radius 2 is 1.65 bits per heavy atom. The molecule has 2 aromatic carbocycles. The first-order chi connectivity index (χ1) is 12.7. The quantitative estimate of drug-likeness (QED) is 0.808. The molecule has 0 saturated carbocycles. The van der Waals surface area contributed by atoms with Gasteiger partial charge in [0.05, 0.1) is 0 Å². The van der Waals surface area contributed by atoms with Crippen molar-refractivity contribution in [3.8, 4) is 0 Å². The lowest BCUT2D eigenvalue weighted by Gasteiger charge is -2.42. The summed E-state index contributed by atoms with van der Waals surface area (Å²) in [5.41, 5.74) is 3.25. The molecule has 26 heavy (non-hydrogen) atoms. The smallest absolute Gasteiger partial charge is 0.241 e. The number of carbonyl (C=O) groups is 1. The Morgan fingerprint density at radius 3 is 2.31 bits per heavy atom. The first kappa shape index (κ1) is 17.7. The van der Waals surface area contributed by atoms with Gasteiger partial charge in [-0.05, 0) is 22.8 Å². The lowest BCUT2D eigenvalue weighted by Crippen LogP contribution is -2.63. The zero-order valence-electron chi connectivity index (χ0n) is 14.8. The van der Waals surface area contributed by atoms with Crippen LogP contribution in [0.15, 0.2) is 53.0 Å². The SMILES string of the molecule is O=C(NCc1ccccc1Br)C1(N2CCNCC2)Cc2ccccc2C1. The number of amides is 1. The Hall–Kier alpha value is -1.69. The Labute approximate surface area is 163 Å². The fraction of sp³-hybridized carbons (Fsp3) is 0.381. The van der Waals surface area contributed by atoms with E-state index in [4.69, 9.17) is 0 Å². The van der Waals surface area contributed by atoms with Crippen molar-refractivity contribution in [2.24, 2.45) is 0 Å². The number of piperazine rings is 1. The van der Waals surface area contributed by atoms with Gasteiger partial charge in [-0.3, -0.25) is 9.69 Å². The number of benzene rings is 2. The van der Waals surface area contributed by atoms with Gasteiger partial charge in [-0.15, -0.1) is 0 Å². The molecule has 1 aliphatic carbocycles. The van der Waals surface area contributed by atoms with Gasteiger partial charge in [0.1, 0.15) is 5.54 Å². The Bertz CT molecular complexity index is 776. The van der Waals surface area contributed by atoms with Crippen LogP contribution in [0.1, 0.15) is 16.7 Å². The molecule has 2 aromatic rings. The third kappa shape index (κ3) is 3.31. The molecule has 1 heterocycles. The first-order valence-corrected chi connectivity index (χ1v) is 10.0. The second kappa shape index (κ2) is 7.51. The maximum absolute atomic E-state index is 13.4. The zero-order valence-corrected chi connectivity index (χ0v) is 16.4. The normalized spacial score (nSPS) is 19.1. The highest BCUT2D eigenvalue weighted by atomic mass is 79.9. The van der Waals surface area contributed by atoms with Crippen molar-refractivity contribution >= 4 is 21.8 Å². The maximum Gasteiger partial charge on any atom is 0.241 e. The molecule has 0 aromatic heterocycles. The third-order valence-electron chi connectivity index (χ3n) is 5.63. The van der Waals surface area contributed by atoms with Gasteiger partial charge in [0, 0.05) is 50.0 Å². The molecule has 1 fully saturated rings. The largest absolute Gasteiger partial charge is 0.350 e. The molecule has 0 bridgehead atoms. The van der Waals surface area contributed by atoms with Crippen LogP contribution in [-0.2, 0) is 24.2 Å². The molecule has 0 radical (unpaired) electrons. The van der Waals surface area contributed by atoms with Crippen molar-refractivity contribution in [2.75, 3.05) is 26.2 Å². The Kier molecular flexibility index (Phi) is 5.11. The van der Waals surface area contributed by atoms with Gasteiger partial charge in [0.2, 0.25) is 5.91 Å². The van der Waals surface area contributed by atoms with Crippen molar-refractivity contribution < 1.29 is 4.79 Å². The zero-order chi connectivity index (χ0) is 18.0. The van der Waals surface area contributed by atoms with E-state index in [1.165, 1.54) is 11.1 Å². The van der Waals surface area contributed by atoms with Crippen molar-refractivity contribution in [1.29, 1.82) is 0 Å². The number of nitrogens with zero attached hydrogens (tertiary/aromatic N) is 1. The number of fused-ring (bicyclic) bond motifs is 1. The highest BCUT2D eigenvalue weighted by Gasteiger charge is 2.48. The molecular weight excluding hydrogens is 390 g/mol. The molecule has 0 atom stereocenters. The molecule has 4 rings (SSSR count). The van der Waals surface area contributed by atoms with E-state index in [0.717, 1.165) is 49.1 Å². The van der Waals surface area contributed by atoms with Crippen LogP contribution >= 0.6 is 15.9 Å². The van der Waals surface area contributed by atoms with E-state index in [1.807, 2.05) is 24.3 Å². The van der Waals surface area contributed by atoms with Gasteiger partial charge >= 0.3 is 0 Å². The van der Waals surface area contributed by atoms with Crippen LogP contribution in [-0.4, -0.2) is 42.5 Å². The number of nitrogens with one attached hydrogen (secondary N) is 2. The summed E-state index contributed by atoms with van der Waals surface area (Å²) in [6, 6.07) is 16.5. The fourth-order valence-electron chi connectivity index (χ4n) is 4.20. The van der Waals surface area contributed by atoms with E-state index in [1.54, 1.807) is 0 Å². The summed E-state index contributed by atoms with van der Waals surface area (Å²) < 4.78 is 1.03. The van der Waals surface area contributed by atoms with Gasteiger partial charge in [0.25, 0.3) is 0 Å². The molecule has 5 heteroatoms. The van der Waals surface area contributed by atoms with Crippen LogP contribution in [0.3, 0.4) is 0 Å². The van der Waals surface area contributed by atoms with Crippen LogP contribution in [0.25, 0.3) is 0 Å². The van der Waals surface area contributed by atoms with Crippen LogP contribution in [0.2, 0.25) is 0 Å². The highest BCUT2D eigenvalue weighted by Crippen LogP contribution is 2.35. The summed E-state index contributed by atoms with van der Waals surface area (Å²) in [6.07, 6.45) is 1.59. The number of rotatable bonds is 4. The number of carbonyl (C=O) groups excluding carboxylic acids is 1. The van der Waals surface area contributed by atoms with E-state index < -0.39 is 5.54 Å². The molecule has 1 saturated heterocycles. The molecule has 1 amide bonds. The average Bonchev–Trinajstić information content (AvgIpc) is 3.09. The van der Waals surface area contributed by atoms with E-state index >= 15 is 0 Å². The first-order valence-electron chi connectivity index (χ1n) is 9.23. The van der Waals surface area contributed by atoms with Crippen LogP contribution in [0.5, 0.6) is 0 Å². The lowest BCUT2D eigenvalue weighted by molar-refractivity contribution is -0.134. The summed E-state index contributed by atoms with van der Waals surface area (Å²) in [5, 5.41) is 6.62. The van der Waals surface area contributed by atoms with E-state index in [-0.39, 0.29) is 5.91 Å². The van der Waals surface area contributed by atoms with Gasteiger partial charge in [0.15, 0.2) is 0 Å². The standard InChI is InChI=1S/C21H24BrN3O/c22-19-8-4-3-7-18(19)15-24-20(26)21(25-11-9-23-10-12-25)13-16-5-1-2-6-17(16)14-21/h1-8,23H,9-15H2,(H,24,26). The number of hydrogen-bond acceptors (Lipinski definition) is 3. The molecular formula is C21H24BrN3O. The molecule has 4 nitrogen and oxygen atoms in total. The molecule has 0 spiro atoms. The summed E-state index contributed by atoms with van der Waals surface area (Å²) in [4.78, 5) is 15.8. The molecule has 2 aliphatic rings. The van der Waals surface area contributed by atoms with E-state index in [9.17, 15) is 4.79 Å². The molecule has 0 unspecified atom stereocenters. The molecule has 2 N–H and O–H groups in total. The second-order valence-corrected chi connectivity index (χ2v) is 8.02. The van der Waals surface area contributed by atoms with Crippen LogP contribution in [0, 0.1) is 0 Å². The lowest BCUT2D eigenvalue weighted by atomic mass is 9.91. The fourth-order valence-corrected chi connectivity index (χ4v) is 4.62. The van der Waals surface area contributed by atoms with Crippen molar-refractivity contribution in [2.45, 2.75) is 24.9 Å². The topological polar surface area (TPSA) is 44.4 Å². The summed E-state index contributed by atoms with van der Waals surface area (Å²) >= 11 is 3.57. The van der Waals surface area contributed by atoms with Gasteiger partial charge in [-0.2, -0.15) is 0 Å². The second-order valence-electron chi connectivity index (χ2n) is 7.16. The molecule has 1 aliphatic heterocycles. The van der Waals surface area contributed by atoms with Crippen molar-refractivity contribution in [1.82, 2.24) is 15.5 Å². The average molecular weight is 414 g/mol. The van der Waals surface area contributed by atoms with E-state index in [0.29, 0.717) is 6.54 Å². The van der Waals surface area contributed by atoms with Gasteiger partial charge in [-0.25, -0.2) is 0 Å². The predicted octanol–water partition coefficient (Wildman–Crippen LogP) is 2.51. The Morgan fingerprint density at radius 1 is 1.04 bits per heavy atom. The van der Waals surface area contributed by atoms with Crippen molar-refractivity contribution in [3.05, 3.63) is 69.7 Å². The monoisotopic (exact) mass is 413 g/mol. The minimum Gasteiger partial charge on any atom is -0.350 e. The van der Waals surface area contributed by atoms with Crippen LogP contribution < -0.4 is 10.6 Å². The minimum absolute atomic E-state index is 0.145. The van der Waals surface area contributed by atoms with E-state index in [2.05, 4.69) is 55.7 Å². The van der Waals surface area contributed by atoms with Crippen molar-refractivity contribution in [3.63, 3.8) is 0 Å². The van der Waals surface area contributed by atoms with Gasteiger partial charge in [-0.1, -0.05) is 58.4 Å². The summed E-state index contributed by atoms with van der Waals surface area (Å²) in [7, 11) is 0. The maximum atomic E-state index is 13.4. The van der Waals surface area contributed by atoms with Crippen LogP contribution in [0.4, 0.5) is 0 Å². The highest BCUT2D eigenvalue weighted by molar-refractivity contribution is 9.10.